The first-order valence-electron chi connectivity index (χ1n) is 6.82. The third-order valence-electron chi connectivity index (χ3n) is 3.57. The Morgan fingerprint density at radius 2 is 2.10 bits per heavy atom. The molecular formula is C14H19FN2O4. The van der Waals surface area contributed by atoms with Gasteiger partial charge in [-0.05, 0) is 18.9 Å². The van der Waals surface area contributed by atoms with Crippen LogP contribution in [0.2, 0.25) is 0 Å². The summed E-state index contributed by atoms with van der Waals surface area (Å²) < 4.78 is 19.2. The monoisotopic (exact) mass is 298 g/mol. The van der Waals surface area contributed by atoms with Crippen LogP contribution in [-0.4, -0.2) is 48.6 Å². The number of carbonyl (C=O) groups is 1. The molecule has 1 fully saturated rings. The highest BCUT2D eigenvalue weighted by Gasteiger charge is 2.23. The SMILES string of the molecule is Nc1cc(C(=O)O)c(F)cc1N1CCC(OCCO)CC1. The molecule has 6 nitrogen and oxygen atoms in total. The molecule has 0 aromatic heterocycles. The molecule has 1 saturated heterocycles. The summed E-state index contributed by atoms with van der Waals surface area (Å²) in [6.07, 6.45) is 1.58. The molecule has 0 spiro atoms. The van der Waals surface area contributed by atoms with Crippen LogP contribution in [0.3, 0.4) is 0 Å². The molecule has 0 amide bonds. The number of hydrogen-bond donors (Lipinski definition) is 3. The number of nitrogens with zero attached hydrogens (tertiary/aromatic N) is 1. The van der Waals surface area contributed by atoms with Gasteiger partial charge in [-0.15, -0.1) is 0 Å². The van der Waals surface area contributed by atoms with Gasteiger partial charge in [0.05, 0.1) is 36.3 Å². The van der Waals surface area contributed by atoms with Crippen molar-refractivity contribution in [1.29, 1.82) is 0 Å². The first kappa shape index (κ1) is 15.5. The molecule has 4 N–H and O–H groups in total. The van der Waals surface area contributed by atoms with Crippen LogP contribution in [0, 0.1) is 5.82 Å². The number of carboxylic acid groups (broad SMARTS) is 1. The Bertz CT molecular complexity index is 516. The van der Waals surface area contributed by atoms with Crippen LogP contribution in [0.5, 0.6) is 0 Å². The van der Waals surface area contributed by atoms with Gasteiger partial charge in [0.1, 0.15) is 5.82 Å². The minimum atomic E-state index is -1.33. The number of ether oxygens (including phenoxy) is 1. The van der Waals surface area contributed by atoms with E-state index >= 15 is 0 Å². The average molecular weight is 298 g/mol. The van der Waals surface area contributed by atoms with Crippen LogP contribution < -0.4 is 10.6 Å². The van der Waals surface area contributed by atoms with Gasteiger partial charge in [0.15, 0.2) is 0 Å². The number of aromatic carboxylic acids is 1. The zero-order valence-electron chi connectivity index (χ0n) is 11.6. The molecule has 7 heteroatoms. The Kier molecular flexibility index (Phi) is 4.98. The molecule has 1 aliphatic rings. The van der Waals surface area contributed by atoms with Gasteiger partial charge in [-0.25, -0.2) is 9.18 Å². The zero-order valence-corrected chi connectivity index (χ0v) is 11.6. The maximum Gasteiger partial charge on any atom is 0.338 e. The molecule has 0 aliphatic carbocycles. The van der Waals surface area contributed by atoms with E-state index in [1.54, 1.807) is 0 Å². The number of nitrogen functional groups attached to an aromatic ring is 1. The molecule has 0 unspecified atom stereocenters. The van der Waals surface area contributed by atoms with Crippen molar-refractivity contribution in [3.05, 3.63) is 23.5 Å². The molecule has 0 atom stereocenters. The number of anilines is 2. The van der Waals surface area contributed by atoms with Crippen molar-refractivity contribution < 1.29 is 24.1 Å². The van der Waals surface area contributed by atoms with Crippen molar-refractivity contribution in [3.8, 4) is 0 Å². The van der Waals surface area contributed by atoms with Crippen molar-refractivity contribution in [3.63, 3.8) is 0 Å². The number of rotatable bonds is 5. The number of piperidine rings is 1. The first-order chi connectivity index (χ1) is 10.0. The Morgan fingerprint density at radius 1 is 1.43 bits per heavy atom. The highest BCUT2D eigenvalue weighted by atomic mass is 19.1. The minimum Gasteiger partial charge on any atom is -0.478 e. The molecule has 1 aromatic carbocycles. The van der Waals surface area contributed by atoms with Crippen molar-refractivity contribution in [2.24, 2.45) is 0 Å². The molecule has 1 aromatic rings. The maximum atomic E-state index is 13.8. The molecule has 2 rings (SSSR count). The first-order valence-corrected chi connectivity index (χ1v) is 6.82. The maximum absolute atomic E-state index is 13.8. The predicted octanol–water partition coefficient (Wildman–Crippen LogP) is 1.08. The van der Waals surface area contributed by atoms with E-state index in [9.17, 15) is 9.18 Å². The van der Waals surface area contributed by atoms with Crippen LogP contribution >= 0.6 is 0 Å². The lowest BCUT2D eigenvalue weighted by Gasteiger charge is -2.34. The minimum absolute atomic E-state index is 0.00494. The van der Waals surface area contributed by atoms with Crippen molar-refractivity contribution >= 4 is 17.3 Å². The lowest BCUT2D eigenvalue weighted by molar-refractivity contribution is 0.0159. The summed E-state index contributed by atoms with van der Waals surface area (Å²) in [7, 11) is 0. The van der Waals surface area contributed by atoms with Crippen LogP contribution in [-0.2, 0) is 4.74 Å². The van der Waals surface area contributed by atoms with E-state index in [0.717, 1.165) is 18.9 Å². The van der Waals surface area contributed by atoms with Gasteiger partial charge in [0.2, 0.25) is 0 Å². The standard InChI is InChI=1S/C14H19FN2O4/c15-11-8-13(12(16)7-10(11)14(19)20)17-3-1-9(2-4-17)21-6-5-18/h7-9,18H,1-6,16H2,(H,19,20). The van der Waals surface area contributed by atoms with E-state index in [4.69, 9.17) is 20.7 Å². The second kappa shape index (κ2) is 6.73. The van der Waals surface area contributed by atoms with Crippen LogP contribution in [0.1, 0.15) is 23.2 Å². The second-order valence-corrected chi connectivity index (χ2v) is 4.98. The van der Waals surface area contributed by atoms with E-state index < -0.39 is 17.3 Å². The van der Waals surface area contributed by atoms with Crippen LogP contribution in [0.15, 0.2) is 12.1 Å². The van der Waals surface area contributed by atoms with Crippen LogP contribution in [0.25, 0.3) is 0 Å². The fraction of sp³-hybridized carbons (Fsp3) is 0.500. The summed E-state index contributed by atoms with van der Waals surface area (Å²) in [5.41, 5.74) is 6.18. The topological polar surface area (TPSA) is 96.0 Å². The van der Waals surface area contributed by atoms with Crippen LogP contribution in [0.4, 0.5) is 15.8 Å². The smallest absolute Gasteiger partial charge is 0.338 e. The number of halogens is 1. The lowest BCUT2D eigenvalue weighted by atomic mass is 10.1. The average Bonchev–Trinajstić information content (AvgIpc) is 2.47. The number of nitrogens with two attached hydrogens (primary N) is 1. The third kappa shape index (κ3) is 3.62. The second-order valence-electron chi connectivity index (χ2n) is 4.98. The van der Waals surface area contributed by atoms with E-state index in [2.05, 4.69) is 0 Å². The van der Waals surface area contributed by atoms with Gasteiger partial charge in [-0.2, -0.15) is 0 Å². The summed E-state index contributed by atoms with van der Waals surface area (Å²) in [4.78, 5) is 12.8. The fourth-order valence-corrected chi connectivity index (χ4v) is 2.50. The van der Waals surface area contributed by atoms with Crippen molar-refractivity contribution in [1.82, 2.24) is 0 Å². The summed E-state index contributed by atoms with van der Waals surface area (Å²) in [5, 5.41) is 17.6. The van der Waals surface area contributed by atoms with Gasteiger partial charge < -0.3 is 25.6 Å². The highest BCUT2D eigenvalue weighted by Crippen LogP contribution is 2.29. The van der Waals surface area contributed by atoms with E-state index in [1.807, 2.05) is 4.90 Å². The fourth-order valence-electron chi connectivity index (χ4n) is 2.50. The molecule has 1 aliphatic heterocycles. The van der Waals surface area contributed by atoms with E-state index in [0.29, 0.717) is 25.4 Å². The molecular weight excluding hydrogens is 279 g/mol. The van der Waals surface area contributed by atoms with Crippen molar-refractivity contribution in [2.45, 2.75) is 18.9 Å². The summed E-state index contributed by atoms with van der Waals surface area (Å²) in [6, 6.07) is 2.33. The highest BCUT2D eigenvalue weighted by molar-refractivity contribution is 5.91. The Labute approximate surface area is 121 Å². The summed E-state index contributed by atoms with van der Waals surface area (Å²) in [6.45, 7) is 1.60. The van der Waals surface area contributed by atoms with Gasteiger partial charge in [-0.1, -0.05) is 0 Å². The molecule has 116 valence electrons. The zero-order chi connectivity index (χ0) is 15.4. The van der Waals surface area contributed by atoms with Gasteiger partial charge >= 0.3 is 5.97 Å². The van der Waals surface area contributed by atoms with Crippen molar-refractivity contribution in [2.75, 3.05) is 36.9 Å². The Hall–Kier alpha value is -1.86. The summed E-state index contributed by atoms with van der Waals surface area (Å²) >= 11 is 0. The largest absolute Gasteiger partial charge is 0.478 e. The number of aliphatic hydroxyl groups is 1. The molecule has 0 saturated carbocycles. The number of benzene rings is 1. The molecule has 21 heavy (non-hydrogen) atoms. The van der Waals surface area contributed by atoms with Gasteiger partial charge in [-0.3, -0.25) is 0 Å². The van der Waals surface area contributed by atoms with E-state index in [-0.39, 0.29) is 18.4 Å². The molecule has 0 radical (unpaired) electrons. The van der Waals surface area contributed by atoms with Gasteiger partial charge in [0.25, 0.3) is 0 Å². The summed E-state index contributed by atoms with van der Waals surface area (Å²) in [5.74, 6) is -2.12. The normalized spacial score (nSPS) is 16.2. The predicted molar refractivity (Wildman–Crippen MR) is 76.0 cm³/mol. The quantitative estimate of drug-likeness (QED) is 0.704. The van der Waals surface area contributed by atoms with Gasteiger partial charge in [0, 0.05) is 19.2 Å². The lowest BCUT2D eigenvalue weighted by Crippen LogP contribution is -2.37. The molecule has 0 bridgehead atoms. The third-order valence-corrected chi connectivity index (χ3v) is 3.57. The number of hydrogen-bond acceptors (Lipinski definition) is 5. The number of aliphatic hydroxyl groups excluding tert-OH is 1. The Morgan fingerprint density at radius 3 is 2.67 bits per heavy atom. The molecule has 1 heterocycles. The Balaban J connectivity index is 2.07. The van der Waals surface area contributed by atoms with E-state index in [1.165, 1.54) is 6.07 Å². The number of carboxylic acids is 1.